The van der Waals surface area contributed by atoms with Crippen LogP contribution in [0.2, 0.25) is 0 Å². The first-order chi connectivity index (χ1) is 16.0. The molecule has 0 unspecified atom stereocenters. The lowest BCUT2D eigenvalue weighted by molar-refractivity contribution is -0.135. The lowest BCUT2D eigenvalue weighted by atomic mass is 10.00. The minimum absolute atomic E-state index is 0.0388. The van der Waals surface area contributed by atoms with Crippen LogP contribution in [0.15, 0.2) is 35.7 Å². The van der Waals surface area contributed by atoms with Crippen LogP contribution in [0.4, 0.5) is 4.79 Å². The number of para-hydroxylation sites is 1. The summed E-state index contributed by atoms with van der Waals surface area (Å²) in [6.07, 6.45) is 1.68. The zero-order valence-electron chi connectivity index (χ0n) is 21.4. The third-order valence-electron chi connectivity index (χ3n) is 5.98. The maximum Gasteiger partial charge on any atom is 0.318 e. The fourth-order valence-electron chi connectivity index (χ4n) is 4.08. The number of urea groups is 1. The minimum atomic E-state index is -0.364. The Kier molecular flexibility index (Phi) is 8.63. The highest BCUT2D eigenvalue weighted by Gasteiger charge is 2.34. The molecule has 186 valence electrons. The number of fused-ring (bicyclic) bond motifs is 1. The summed E-state index contributed by atoms with van der Waals surface area (Å²) in [4.78, 5) is 31.5. The quantitative estimate of drug-likeness (QED) is 0.543. The van der Waals surface area contributed by atoms with Crippen molar-refractivity contribution >= 4 is 23.3 Å². The highest BCUT2D eigenvalue weighted by molar-refractivity contribution is 7.10. The molecule has 1 atom stereocenters. The van der Waals surface area contributed by atoms with E-state index in [1.807, 2.05) is 56.9 Å². The summed E-state index contributed by atoms with van der Waals surface area (Å²) in [7, 11) is 0. The molecule has 3 amide bonds. The highest BCUT2D eigenvalue weighted by Crippen LogP contribution is 2.34. The third kappa shape index (κ3) is 6.98. The number of carbonyl (C=O) groups excluding carboxylic acids is 2. The summed E-state index contributed by atoms with van der Waals surface area (Å²) < 4.78 is 6.20. The van der Waals surface area contributed by atoms with Crippen molar-refractivity contribution in [3.8, 4) is 5.75 Å². The van der Waals surface area contributed by atoms with Crippen LogP contribution in [0.5, 0.6) is 5.75 Å². The van der Waals surface area contributed by atoms with E-state index in [0.717, 1.165) is 29.7 Å². The Morgan fingerprint density at radius 1 is 1.24 bits per heavy atom. The number of amides is 3. The Balaban J connectivity index is 1.77. The lowest BCUT2D eigenvalue weighted by Crippen LogP contribution is -2.53. The number of benzene rings is 1. The van der Waals surface area contributed by atoms with Gasteiger partial charge in [-0.15, -0.1) is 11.3 Å². The minimum Gasteiger partial charge on any atom is -0.491 e. The third-order valence-corrected chi connectivity index (χ3v) is 6.97. The van der Waals surface area contributed by atoms with E-state index in [2.05, 4.69) is 30.6 Å². The van der Waals surface area contributed by atoms with Gasteiger partial charge in [-0.25, -0.2) is 4.79 Å². The van der Waals surface area contributed by atoms with Gasteiger partial charge in [0.1, 0.15) is 18.9 Å². The zero-order valence-corrected chi connectivity index (χ0v) is 22.2. The smallest absolute Gasteiger partial charge is 0.318 e. The molecule has 0 spiro atoms. The Morgan fingerprint density at radius 3 is 2.65 bits per heavy atom. The van der Waals surface area contributed by atoms with Crippen LogP contribution in [-0.2, 0) is 11.2 Å². The maximum atomic E-state index is 13.6. The molecule has 0 saturated carbocycles. The average Bonchev–Trinajstić information content (AvgIpc) is 3.23. The van der Waals surface area contributed by atoms with Crippen molar-refractivity contribution in [2.24, 2.45) is 5.92 Å². The van der Waals surface area contributed by atoms with E-state index in [1.54, 1.807) is 16.2 Å². The molecule has 1 aromatic carbocycles. The fraction of sp³-hybridized carbons (Fsp3) is 0.556. The van der Waals surface area contributed by atoms with Crippen LogP contribution < -0.4 is 10.1 Å². The molecule has 0 bridgehead atoms. The Morgan fingerprint density at radius 2 is 1.97 bits per heavy atom. The van der Waals surface area contributed by atoms with Gasteiger partial charge in [0.25, 0.3) is 0 Å². The normalized spacial score (nSPS) is 15.7. The van der Waals surface area contributed by atoms with Crippen molar-refractivity contribution in [3.63, 3.8) is 0 Å². The molecule has 0 fully saturated rings. The molecule has 1 aliphatic heterocycles. The average molecular weight is 486 g/mol. The molecular weight excluding hydrogens is 446 g/mol. The molecular formula is C27H39N3O3S. The van der Waals surface area contributed by atoms with Gasteiger partial charge in [0.05, 0.1) is 6.04 Å². The molecule has 1 N–H and O–H groups in total. The number of nitrogens with zero attached hydrogens (tertiary/aromatic N) is 2. The molecule has 0 aliphatic carbocycles. The molecule has 7 heteroatoms. The fourth-order valence-corrected chi connectivity index (χ4v) is 5.01. The second kappa shape index (κ2) is 11.3. The summed E-state index contributed by atoms with van der Waals surface area (Å²) in [5.41, 5.74) is 1.86. The van der Waals surface area contributed by atoms with Crippen molar-refractivity contribution in [1.82, 2.24) is 15.1 Å². The predicted molar refractivity (Wildman–Crippen MR) is 138 cm³/mol. The summed E-state index contributed by atoms with van der Waals surface area (Å²) in [5.74, 6) is 1.24. The van der Waals surface area contributed by atoms with Gasteiger partial charge in [0.2, 0.25) is 5.91 Å². The van der Waals surface area contributed by atoms with Gasteiger partial charge in [-0.05, 0) is 75.1 Å². The lowest BCUT2D eigenvalue weighted by Gasteiger charge is -2.37. The van der Waals surface area contributed by atoms with Gasteiger partial charge in [0.15, 0.2) is 0 Å². The zero-order chi connectivity index (χ0) is 24.9. The van der Waals surface area contributed by atoms with Gasteiger partial charge in [-0.2, -0.15) is 0 Å². The number of hydrogen-bond donors (Lipinski definition) is 1. The summed E-state index contributed by atoms with van der Waals surface area (Å²) in [6, 6.07) is 9.68. The first kappa shape index (κ1) is 26.1. The maximum absolute atomic E-state index is 13.6. The van der Waals surface area contributed by atoms with E-state index >= 15 is 0 Å². The molecule has 2 heterocycles. The molecule has 1 aromatic heterocycles. The van der Waals surface area contributed by atoms with Gasteiger partial charge < -0.3 is 19.9 Å². The molecule has 6 nitrogen and oxygen atoms in total. The summed E-state index contributed by atoms with van der Waals surface area (Å²) >= 11 is 1.74. The Bertz CT molecular complexity index is 979. The molecule has 0 radical (unpaired) electrons. The summed E-state index contributed by atoms with van der Waals surface area (Å²) in [5, 5.41) is 5.11. The number of rotatable bonds is 8. The largest absolute Gasteiger partial charge is 0.491 e. The molecule has 34 heavy (non-hydrogen) atoms. The summed E-state index contributed by atoms with van der Waals surface area (Å²) in [6.45, 7) is 13.8. The van der Waals surface area contributed by atoms with Crippen LogP contribution >= 0.6 is 11.3 Å². The van der Waals surface area contributed by atoms with Crippen molar-refractivity contribution < 1.29 is 14.3 Å². The van der Waals surface area contributed by atoms with Gasteiger partial charge in [0, 0.05) is 23.5 Å². The van der Waals surface area contributed by atoms with E-state index in [0.29, 0.717) is 25.6 Å². The van der Waals surface area contributed by atoms with E-state index in [9.17, 15) is 9.59 Å². The van der Waals surface area contributed by atoms with E-state index in [1.165, 1.54) is 4.88 Å². The SMILES string of the molecule is Cc1ccccc1OC[C@H]1c2ccsc2CCN1C(=O)CN(CCC(C)C)C(=O)NC(C)(C)C. The van der Waals surface area contributed by atoms with Crippen LogP contribution in [0.25, 0.3) is 0 Å². The number of nitrogens with one attached hydrogen (secondary N) is 1. The predicted octanol–water partition coefficient (Wildman–Crippen LogP) is 5.42. The van der Waals surface area contributed by atoms with Crippen LogP contribution in [0.1, 0.15) is 63.1 Å². The first-order valence-electron chi connectivity index (χ1n) is 12.2. The van der Waals surface area contributed by atoms with Crippen molar-refractivity contribution in [1.29, 1.82) is 0 Å². The van der Waals surface area contributed by atoms with E-state index < -0.39 is 0 Å². The highest BCUT2D eigenvalue weighted by atomic mass is 32.1. The standard InChI is InChI=1S/C27H39N3O3S/c1-19(2)11-14-29(26(32)28-27(4,5)6)17-25(31)30-15-12-24-21(13-16-34-24)22(30)18-33-23-10-8-7-9-20(23)3/h7-10,13,16,19,22H,11-12,14-15,17-18H2,1-6H3,(H,28,32)/t22-/m0/s1. The van der Waals surface area contributed by atoms with Gasteiger partial charge >= 0.3 is 6.03 Å². The Hall–Kier alpha value is -2.54. The van der Waals surface area contributed by atoms with E-state index in [-0.39, 0.29) is 30.1 Å². The second-order valence-corrected chi connectivity index (χ2v) is 11.5. The van der Waals surface area contributed by atoms with Crippen LogP contribution in [0, 0.1) is 12.8 Å². The van der Waals surface area contributed by atoms with Crippen molar-refractivity contribution in [3.05, 3.63) is 51.7 Å². The topological polar surface area (TPSA) is 61.9 Å². The number of carbonyl (C=O) groups is 2. The van der Waals surface area contributed by atoms with Gasteiger partial charge in [-0.3, -0.25) is 4.79 Å². The van der Waals surface area contributed by atoms with E-state index in [4.69, 9.17) is 4.74 Å². The molecule has 1 aliphatic rings. The molecule has 0 saturated heterocycles. The number of aryl methyl sites for hydroxylation is 1. The van der Waals surface area contributed by atoms with Crippen molar-refractivity contribution in [2.75, 3.05) is 26.2 Å². The number of ether oxygens (including phenoxy) is 1. The van der Waals surface area contributed by atoms with Crippen LogP contribution in [0.3, 0.4) is 0 Å². The van der Waals surface area contributed by atoms with Crippen molar-refractivity contribution in [2.45, 2.75) is 66.0 Å². The molecule has 3 rings (SSSR count). The Labute approximate surface area is 208 Å². The number of thiophene rings is 1. The molecule has 2 aromatic rings. The first-order valence-corrected chi connectivity index (χ1v) is 13.0. The van der Waals surface area contributed by atoms with Crippen LogP contribution in [-0.4, -0.2) is 53.5 Å². The number of hydrogen-bond acceptors (Lipinski definition) is 4. The second-order valence-electron chi connectivity index (χ2n) is 10.5. The van der Waals surface area contributed by atoms with Gasteiger partial charge in [-0.1, -0.05) is 32.0 Å². The monoisotopic (exact) mass is 485 g/mol.